The van der Waals surface area contributed by atoms with Gasteiger partial charge in [0.25, 0.3) is 0 Å². The largest absolute Gasteiger partial charge is 0.481 e. The molecule has 0 aliphatic rings. The number of fused-ring (bicyclic) bond motifs is 1. The first-order valence-electron chi connectivity index (χ1n) is 5.65. The molecule has 0 saturated carbocycles. The molecular weight excluding hydrogens is 308 g/mol. The van der Waals surface area contributed by atoms with Crippen molar-refractivity contribution in [3.05, 3.63) is 47.5 Å². The Labute approximate surface area is 132 Å². The van der Waals surface area contributed by atoms with Gasteiger partial charge in [-0.3, -0.25) is 10.2 Å². The van der Waals surface area contributed by atoms with Crippen molar-refractivity contribution >= 4 is 22.6 Å². The number of nitrogens with one attached hydrogen (secondary N) is 1. The van der Waals surface area contributed by atoms with Crippen LogP contribution in [0, 0.1) is 5.41 Å². The van der Waals surface area contributed by atoms with Crippen molar-refractivity contribution in [2.75, 3.05) is 0 Å². The molecule has 0 amide bonds. The number of carboxylic acids is 1. The van der Waals surface area contributed by atoms with E-state index in [-0.39, 0.29) is 39.6 Å². The molecule has 2 rings (SSSR count). The Bertz CT molecular complexity index is 632. The third kappa shape index (κ3) is 7.31. The highest BCUT2D eigenvalue weighted by Gasteiger charge is 2.02. The standard InChI is InChI=1S/C14H14N2O2.5H2O/c15-14(16)11-5-4-10-3-1-9(2-6-13(17)18)7-12(10)8-11;;;;;/h1,3-5,7-8H,2,6H2,(H3,15,16)(H,17,18);5*1H2. The molecule has 0 aromatic heterocycles. The lowest BCUT2D eigenvalue weighted by Crippen LogP contribution is -2.10. The summed E-state index contributed by atoms with van der Waals surface area (Å²) < 4.78 is 0. The van der Waals surface area contributed by atoms with Crippen molar-refractivity contribution in [1.29, 1.82) is 5.41 Å². The van der Waals surface area contributed by atoms with E-state index in [0.29, 0.717) is 12.0 Å². The van der Waals surface area contributed by atoms with Gasteiger partial charge in [0.15, 0.2) is 0 Å². The van der Waals surface area contributed by atoms with Crippen molar-refractivity contribution in [2.24, 2.45) is 5.73 Å². The van der Waals surface area contributed by atoms with Crippen molar-refractivity contribution in [1.82, 2.24) is 0 Å². The Morgan fingerprint density at radius 3 is 2.04 bits per heavy atom. The molecule has 0 radical (unpaired) electrons. The second kappa shape index (κ2) is 12.0. The lowest BCUT2D eigenvalue weighted by Gasteiger charge is -2.05. The Hall–Kier alpha value is -2.56. The molecule has 0 fully saturated rings. The lowest BCUT2D eigenvalue weighted by molar-refractivity contribution is -0.136. The number of benzene rings is 2. The fourth-order valence-electron chi connectivity index (χ4n) is 1.87. The predicted molar refractivity (Wildman–Crippen MR) is 89.0 cm³/mol. The first-order chi connectivity index (χ1) is 8.56. The summed E-state index contributed by atoms with van der Waals surface area (Å²) in [6.07, 6.45) is 0.632. The number of nitrogens with two attached hydrogens (primary N) is 1. The van der Waals surface area contributed by atoms with E-state index < -0.39 is 5.97 Å². The van der Waals surface area contributed by atoms with Crippen LogP contribution >= 0.6 is 0 Å². The average molecular weight is 332 g/mol. The third-order valence-electron chi connectivity index (χ3n) is 2.84. The molecule has 0 saturated heterocycles. The minimum Gasteiger partial charge on any atom is -0.481 e. The molecule has 9 nitrogen and oxygen atoms in total. The molecule has 2 aromatic rings. The molecule has 2 aromatic carbocycles. The fraction of sp³-hybridized carbons (Fsp3) is 0.143. The zero-order valence-corrected chi connectivity index (χ0v) is 12.3. The third-order valence-corrected chi connectivity index (χ3v) is 2.84. The minimum atomic E-state index is -0.799. The van der Waals surface area contributed by atoms with Gasteiger partial charge in [-0.2, -0.15) is 0 Å². The van der Waals surface area contributed by atoms with Crippen molar-refractivity contribution in [3.8, 4) is 0 Å². The van der Waals surface area contributed by atoms with E-state index in [4.69, 9.17) is 16.2 Å². The van der Waals surface area contributed by atoms with Crippen LogP contribution in [-0.2, 0) is 11.2 Å². The summed E-state index contributed by atoms with van der Waals surface area (Å²) in [5, 5.41) is 18.1. The highest BCUT2D eigenvalue weighted by atomic mass is 16.4. The van der Waals surface area contributed by atoms with Crippen LogP contribution in [0.1, 0.15) is 17.5 Å². The number of hydrogen-bond acceptors (Lipinski definition) is 2. The van der Waals surface area contributed by atoms with Crippen molar-refractivity contribution in [2.45, 2.75) is 12.8 Å². The van der Waals surface area contributed by atoms with Gasteiger partial charge < -0.3 is 38.2 Å². The van der Waals surface area contributed by atoms with Gasteiger partial charge in [-0.05, 0) is 28.8 Å². The molecular formula is C14H24N2O7. The molecule has 0 heterocycles. The van der Waals surface area contributed by atoms with Gasteiger partial charge in [-0.1, -0.05) is 30.3 Å². The van der Waals surface area contributed by atoms with Gasteiger partial charge in [0.05, 0.1) is 0 Å². The number of hydrogen-bond donors (Lipinski definition) is 3. The van der Waals surface area contributed by atoms with E-state index in [1.165, 1.54) is 0 Å². The number of rotatable bonds is 4. The topological polar surface area (TPSA) is 245 Å². The van der Waals surface area contributed by atoms with Crippen LogP contribution in [0.25, 0.3) is 10.8 Å². The number of aryl methyl sites for hydroxylation is 1. The zero-order chi connectivity index (χ0) is 13.1. The summed E-state index contributed by atoms with van der Waals surface area (Å²) in [6.45, 7) is 0. The molecule has 0 unspecified atom stereocenters. The van der Waals surface area contributed by atoms with E-state index in [9.17, 15) is 4.79 Å². The second-order valence-electron chi connectivity index (χ2n) is 4.20. The summed E-state index contributed by atoms with van der Waals surface area (Å²) >= 11 is 0. The van der Waals surface area contributed by atoms with Crippen LogP contribution in [-0.4, -0.2) is 44.3 Å². The average Bonchev–Trinajstić information content (AvgIpc) is 2.35. The zero-order valence-electron chi connectivity index (χ0n) is 12.3. The highest BCUT2D eigenvalue weighted by Crippen LogP contribution is 2.18. The van der Waals surface area contributed by atoms with E-state index in [2.05, 4.69) is 0 Å². The molecule has 0 bridgehead atoms. The van der Waals surface area contributed by atoms with Gasteiger partial charge in [-0.25, -0.2) is 0 Å². The lowest BCUT2D eigenvalue weighted by atomic mass is 10.0. The second-order valence-corrected chi connectivity index (χ2v) is 4.20. The predicted octanol–water partition coefficient (Wildman–Crippen LogP) is -1.98. The van der Waals surface area contributed by atoms with Crippen LogP contribution in [0.15, 0.2) is 36.4 Å². The first-order valence-corrected chi connectivity index (χ1v) is 5.65. The van der Waals surface area contributed by atoms with E-state index in [0.717, 1.165) is 16.3 Å². The number of carboxylic acid groups (broad SMARTS) is 1. The molecule has 23 heavy (non-hydrogen) atoms. The SMILES string of the molecule is N=C(N)c1ccc2ccc(CCC(=O)O)cc2c1.O.O.O.O.O. The number of aliphatic carboxylic acids is 1. The van der Waals surface area contributed by atoms with Crippen LogP contribution in [0.3, 0.4) is 0 Å². The maximum Gasteiger partial charge on any atom is 0.303 e. The highest BCUT2D eigenvalue weighted by molar-refractivity contribution is 5.99. The smallest absolute Gasteiger partial charge is 0.303 e. The van der Waals surface area contributed by atoms with Crippen molar-refractivity contribution in [3.63, 3.8) is 0 Å². The maximum atomic E-state index is 10.5. The summed E-state index contributed by atoms with van der Waals surface area (Å²) in [6, 6.07) is 11.4. The Balaban J connectivity index is -0.000000361. The molecule has 14 N–H and O–H groups in total. The van der Waals surface area contributed by atoms with E-state index in [1.807, 2.05) is 36.4 Å². The van der Waals surface area contributed by atoms with Gasteiger partial charge in [0.1, 0.15) is 5.84 Å². The van der Waals surface area contributed by atoms with E-state index in [1.54, 1.807) is 0 Å². The first kappa shape index (κ1) is 28.6. The molecule has 9 heteroatoms. The molecule has 132 valence electrons. The van der Waals surface area contributed by atoms with E-state index >= 15 is 0 Å². The van der Waals surface area contributed by atoms with Crippen LogP contribution in [0.5, 0.6) is 0 Å². The van der Waals surface area contributed by atoms with Crippen LogP contribution in [0.4, 0.5) is 0 Å². The molecule has 0 aliphatic carbocycles. The summed E-state index contributed by atoms with van der Waals surface area (Å²) in [5.41, 5.74) is 7.10. The van der Waals surface area contributed by atoms with Gasteiger partial charge in [0.2, 0.25) is 0 Å². The monoisotopic (exact) mass is 332 g/mol. The van der Waals surface area contributed by atoms with Gasteiger partial charge in [-0.15, -0.1) is 0 Å². The molecule has 0 aliphatic heterocycles. The quantitative estimate of drug-likeness (QED) is 0.425. The molecule has 0 atom stereocenters. The summed E-state index contributed by atoms with van der Waals surface area (Å²) in [5.74, 6) is -0.763. The fourth-order valence-corrected chi connectivity index (χ4v) is 1.87. The summed E-state index contributed by atoms with van der Waals surface area (Å²) in [4.78, 5) is 10.5. The van der Waals surface area contributed by atoms with Gasteiger partial charge in [0, 0.05) is 12.0 Å². The Kier molecular flexibility index (Phi) is 15.0. The number of carbonyl (C=O) groups is 1. The normalized spacial score (nSPS) is 8.17. The number of amidine groups is 1. The van der Waals surface area contributed by atoms with Crippen molar-refractivity contribution < 1.29 is 37.3 Å². The summed E-state index contributed by atoms with van der Waals surface area (Å²) in [7, 11) is 0. The van der Waals surface area contributed by atoms with Crippen LogP contribution in [0.2, 0.25) is 0 Å². The van der Waals surface area contributed by atoms with Crippen LogP contribution < -0.4 is 5.73 Å². The molecule has 0 spiro atoms. The van der Waals surface area contributed by atoms with Gasteiger partial charge >= 0.3 is 5.97 Å². The maximum absolute atomic E-state index is 10.5. The Morgan fingerprint density at radius 1 is 0.957 bits per heavy atom. The number of nitrogen functional groups attached to an aromatic ring is 1. The Morgan fingerprint density at radius 2 is 1.52 bits per heavy atom. The minimum absolute atomic E-state index is 0.